The van der Waals surface area contributed by atoms with Gasteiger partial charge in [0.15, 0.2) is 0 Å². The van der Waals surface area contributed by atoms with Gasteiger partial charge in [0.25, 0.3) is 0 Å². The predicted molar refractivity (Wildman–Crippen MR) is 112 cm³/mol. The first-order chi connectivity index (χ1) is 14.2. The molecule has 154 valence electrons. The van der Waals surface area contributed by atoms with Crippen molar-refractivity contribution in [1.29, 1.82) is 0 Å². The van der Waals surface area contributed by atoms with Gasteiger partial charge in [-0.1, -0.05) is 12.1 Å². The van der Waals surface area contributed by atoms with E-state index in [9.17, 15) is 9.59 Å². The number of nitrogens with zero attached hydrogens (tertiary/aromatic N) is 1. The lowest BCUT2D eigenvalue weighted by atomic mass is 10.1. The van der Waals surface area contributed by atoms with Crippen molar-refractivity contribution >= 4 is 23.2 Å². The second kappa shape index (κ2) is 10.5. The van der Waals surface area contributed by atoms with Crippen molar-refractivity contribution in [3.63, 3.8) is 0 Å². The summed E-state index contributed by atoms with van der Waals surface area (Å²) < 4.78 is 10.7. The maximum atomic E-state index is 12.0. The number of hydrogen-bond donors (Lipinski definition) is 2. The van der Waals surface area contributed by atoms with Crippen LogP contribution in [0.5, 0.6) is 5.75 Å². The van der Waals surface area contributed by atoms with Gasteiger partial charge in [0, 0.05) is 31.0 Å². The molecular formula is C22H27N3O4. The maximum absolute atomic E-state index is 12.0. The quantitative estimate of drug-likeness (QED) is 0.701. The van der Waals surface area contributed by atoms with E-state index in [1.54, 1.807) is 24.3 Å². The summed E-state index contributed by atoms with van der Waals surface area (Å²) in [6.45, 7) is 6.19. The molecule has 2 amide bonds. The number of benzene rings is 2. The number of amides is 2. The third kappa shape index (κ3) is 6.22. The van der Waals surface area contributed by atoms with Crippen LogP contribution in [0.1, 0.15) is 12.5 Å². The first-order valence-electron chi connectivity index (χ1n) is 9.89. The van der Waals surface area contributed by atoms with Gasteiger partial charge in [-0.25, -0.2) is 0 Å². The number of morpholine rings is 1. The highest BCUT2D eigenvalue weighted by molar-refractivity contribution is 6.39. The topological polar surface area (TPSA) is 79.9 Å². The van der Waals surface area contributed by atoms with Crippen LogP contribution in [0.3, 0.4) is 0 Å². The van der Waals surface area contributed by atoms with E-state index >= 15 is 0 Å². The molecule has 1 fully saturated rings. The van der Waals surface area contributed by atoms with Crippen molar-refractivity contribution in [1.82, 2.24) is 5.32 Å². The van der Waals surface area contributed by atoms with Gasteiger partial charge in [-0.15, -0.1) is 0 Å². The first-order valence-corrected chi connectivity index (χ1v) is 9.89. The molecule has 0 aliphatic carbocycles. The van der Waals surface area contributed by atoms with Crippen molar-refractivity contribution in [2.45, 2.75) is 13.3 Å². The Morgan fingerprint density at radius 1 is 1.00 bits per heavy atom. The number of anilines is 2. The number of nitrogens with one attached hydrogen (secondary N) is 2. The standard InChI is InChI=1S/C22H27N3O4/c1-2-29-20-9-5-18(6-10-20)24-22(27)21(26)23-12-11-17-3-7-19(8-4-17)25-13-15-28-16-14-25/h3-10H,2,11-16H2,1H3,(H,23,26)(H,24,27). The fourth-order valence-corrected chi connectivity index (χ4v) is 3.08. The Balaban J connectivity index is 1.41. The van der Waals surface area contributed by atoms with Crippen LogP contribution in [0.2, 0.25) is 0 Å². The Hall–Kier alpha value is -3.06. The molecule has 3 rings (SSSR count). The molecule has 0 aromatic heterocycles. The lowest BCUT2D eigenvalue weighted by molar-refractivity contribution is -0.136. The summed E-state index contributed by atoms with van der Waals surface area (Å²) in [5, 5.41) is 5.24. The fraction of sp³-hybridized carbons (Fsp3) is 0.364. The Morgan fingerprint density at radius 3 is 2.34 bits per heavy atom. The fourth-order valence-electron chi connectivity index (χ4n) is 3.08. The summed E-state index contributed by atoms with van der Waals surface area (Å²) in [5.41, 5.74) is 2.83. The van der Waals surface area contributed by atoms with Crippen LogP contribution in [-0.4, -0.2) is 51.3 Å². The SMILES string of the molecule is CCOc1ccc(NC(=O)C(=O)NCCc2ccc(N3CCOCC3)cc2)cc1. The van der Waals surface area contributed by atoms with Crippen molar-refractivity contribution in [2.75, 3.05) is 49.7 Å². The molecule has 7 nitrogen and oxygen atoms in total. The highest BCUT2D eigenvalue weighted by Gasteiger charge is 2.14. The van der Waals surface area contributed by atoms with Crippen molar-refractivity contribution in [3.8, 4) is 5.75 Å². The first kappa shape index (κ1) is 20.7. The second-order valence-corrected chi connectivity index (χ2v) is 6.68. The van der Waals surface area contributed by atoms with Gasteiger partial charge in [-0.2, -0.15) is 0 Å². The Kier molecular flexibility index (Phi) is 7.47. The zero-order chi connectivity index (χ0) is 20.5. The minimum Gasteiger partial charge on any atom is -0.494 e. The van der Waals surface area contributed by atoms with Crippen LogP contribution in [0.15, 0.2) is 48.5 Å². The zero-order valence-corrected chi connectivity index (χ0v) is 16.6. The minimum absolute atomic E-state index is 0.395. The molecule has 1 aliphatic rings. The molecule has 1 aliphatic heterocycles. The monoisotopic (exact) mass is 397 g/mol. The van der Waals surface area contributed by atoms with Gasteiger partial charge < -0.3 is 25.0 Å². The molecule has 29 heavy (non-hydrogen) atoms. The van der Waals surface area contributed by atoms with E-state index in [1.807, 2.05) is 6.92 Å². The molecule has 0 bridgehead atoms. The van der Waals surface area contributed by atoms with Gasteiger partial charge in [-0.05, 0) is 55.3 Å². The molecule has 2 N–H and O–H groups in total. The molecule has 2 aromatic rings. The van der Waals surface area contributed by atoms with Crippen LogP contribution < -0.4 is 20.3 Å². The van der Waals surface area contributed by atoms with Gasteiger partial charge in [0.05, 0.1) is 19.8 Å². The van der Waals surface area contributed by atoms with E-state index < -0.39 is 11.8 Å². The van der Waals surface area contributed by atoms with Crippen LogP contribution in [0, 0.1) is 0 Å². The molecular weight excluding hydrogens is 370 g/mol. The molecule has 7 heteroatoms. The molecule has 0 spiro atoms. The molecule has 0 atom stereocenters. The summed E-state index contributed by atoms with van der Waals surface area (Å²) >= 11 is 0. The summed E-state index contributed by atoms with van der Waals surface area (Å²) in [6, 6.07) is 15.2. The van der Waals surface area contributed by atoms with Crippen LogP contribution >= 0.6 is 0 Å². The van der Waals surface area contributed by atoms with Gasteiger partial charge >= 0.3 is 11.8 Å². The van der Waals surface area contributed by atoms with Crippen LogP contribution in [-0.2, 0) is 20.7 Å². The maximum Gasteiger partial charge on any atom is 0.313 e. The predicted octanol–water partition coefficient (Wildman–Crippen LogP) is 2.22. The minimum atomic E-state index is -0.683. The van der Waals surface area contributed by atoms with Crippen molar-refractivity contribution in [3.05, 3.63) is 54.1 Å². The zero-order valence-electron chi connectivity index (χ0n) is 16.6. The highest BCUT2D eigenvalue weighted by atomic mass is 16.5. The lowest BCUT2D eigenvalue weighted by Gasteiger charge is -2.28. The van der Waals surface area contributed by atoms with Crippen molar-refractivity contribution in [2.24, 2.45) is 0 Å². The highest BCUT2D eigenvalue weighted by Crippen LogP contribution is 2.17. The van der Waals surface area contributed by atoms with E-state index in [0.29, 0.717) is 25.3 Å². The molecule has 0 radical (unpaired) electrons. The average molecular weight is 397 g/mol. The molecule has 1 heterocycles. The smallest absolute Gasteiger partial charge is 0.313 e. The lowest BCUT2D eigenvalue weighted by Crippen LogP contribution is -2.36. The van der Waals surface area contributed by atoms with E-state index in [1.165, 1.54) is 5.69 Å². The van der Waals surface area contributed by atoms with Gasteiger partial charge in [-0.3, -0.25) is 9.59 Å². The molecule has 2 aromatic carbocycles. The summed E-state index contributed by atoms with van der Waals surface area (Å²) in [7, 11) is 0. The number of rotatable bonds is 7. The van der Waals surface area contributed by atoms with E-state index in [4.69, 9.17) is 9.47 Å². The van der Waals surface area contributed by atoms with Gasteiger partial charge in [0.1, 0.15) is 5.75 Å². The Bertz CT molecular complexity index is 800. The van der Waals surface area contributed by atoms with Crippen LogP contribution in [0.25, 0.3) is 0 Å². The second-order valence-electron chi connectivity index (χ2n) is 6.68. The van der Waals surface area contributed by atoms with Gasteiger partial charge in [0.2, 0.25) is 0 Å². The van der Waals surface area contributed by atoms with Crippen LogP contribution in [0.4, 0.5) is 11.4 Å². The third-order valence-electron chi connectivity index (χ3n) is 4.64. The average Bonchev–Trinajstić information content (AvgIpc) is 2.76. The Labute approximate surface area is 171 Å². The van der Waals surface area contributed by atoms with Crippen molar-refractivity contribution < 1.29 is 19.1 Å². The number of carbonyl (C=O) groups is 2. The van der Waals surface area contributed by atoms with E-state index in [2.05, 4.69) is 39.8 Å². The Morgan fingerprint density at radius 2 is 1.69 bits per heavy atom. The summed E-state index contributed by atoms with van der Waals surface area (Å²) in [6.07, 6.45) is 0.658. The molecule has 1 saturated heterocycles. The third-order valence-corrected chi connectivity index (χ3v) is 4.64. The number of ether oxygens (including phenoxy) is 2. The van der Waals surface area contributed by atoms with E-state index in [-0.39, 0.29) is 0 Å². The number of hydrogen-bond acceptors (Lipinski definition) is 5. The molecule has 0 saturated carbocycles. The summed E-state index contributed by atoms with van der Waals surface area (Å²) in [5.74, 6) is -0.616. The van der Waals surface area contributed by atoms with E-state index in [0.717, 1.165) is 37.6 Å². The number of carbonyl (C=O) groups excluding carboxylic acids is 2. The molecule has 0 unspecified atom stereocenters. The summed E-state index contributed by atoms with van der Waals surface area (Å²) in [4.78, 5) is 26.3. The largest absolute Gasteiger partial charge is 0.494 e. The normalized spacial score (nSPS) is 13.6.